The molecule has 2 atom stereocenters. The lowest BCUT2D eigenvalue weighted by molar-refractivity contribution is 0.610. The average Bonchev–Trinajstić information content (AvgIpc) is 2.15. The molecule has 2 rings (SSSR count). The Hall–Kier alpha value is 0.310. The fourth-order valence-electron chi connectivity index (χ4n) is 1.49. The molecule has 2 aliphatic rings. The van der Waals surface area contributed by atoms with Gasteiger partial charge in [0.25, 0.3) is 0 Å². The molecule has 1 nitrogen and oxygen atoms in total. The van der Waals surface area contributed by atoms with Crippen LogP contribution in [0.5, 0.6) is 0 Å². The summed E-state index contributed by atoms with van der Waals surface area (Å²) in [5, 5.41) is 5.40. The summed E-state index contributed by atoms with van der Waals surface area (Å²) in [6.45, 7) is 1.14. The Labute approximate surface area is 54.2 Å². The number of rotatable bonds is 0. The van der Waals surface area contributed by atoms with Crippen molar-refractivity contribution in [1.82, 2.24) is 5.32 Å². The number of fused-ring (bicyclic) bond motifs is 1. The fourth-order valence-corrected chi connectivity index (χ4v) is 2.89. The van der Waals surface area contributed by atoms with E-state index in [4.69, 9.17) is 0 Å². The topological polar surface area (TPSA) is 14.1 Å². The van der Waals surface area contributed by atoms with Crippen LogP contribution in [0.15, 0.2) is 0 Å². The molecule has 0 bridgehead atoms. The van der Waals surface area contributed by atoms with Gasteiger partial charge in [-0.2, -0.15) is 11.8 Å². The molecule has 8 heavy (non-hydrogen) atoms. The molecule has 0 aromatic heterocycles. The molecule has 2 aliphatic heterocycles. The maximum absolute atomic E-state index is 4.48. The molecule has 0 N–H and O–H groups in total. The van der Waals surface area contributed by atoms with Crippen LogP contribution in [0.1, 0.15) is 12.8 Å². The molecule has 2 unspecified atom stereocenters. The maximum Gasteiger partial charge on any atom is 0.0373 e. The summed E-state index contributed by atoms with van der Waals surface area (Å²) in [5.74, 6) is 1.36. The molecule has 1 radical (unpaired) electrons. The van der Waals surface area contributed by atoms with Crippen LogP contribution in [0.3, 0.4) is 0 Å². The van der Waals surface area contributed by atoms with Gasteiger partial charge < -0.3 is 0 Å². The molecular weight excluding hydrogens is 118 g/mol. The minimum Gasteiger partial charge on any atom is -0.237 e. The first-order chi connectivity index (χ1) is 3.97. The zero-order valence-corrected chi connectivity index (χ0v) is 5.66. The highest BCUT2D eigenvalue weighted by Gasteiger charge is 2.32. The van der Waals surface area contributed by atoms with E-state index in [0.29, 0.717) is 0 Å². The van der Waals surface area contributed by atoms with Crippen molar-refractivity contribution in [1.29, 1.82) is 0 Å². The highest BCUT2D eigenvalue weighted by Crippen LogP contribution is 2.33. The van der Waals surface area contributed by atoms with E-state index in [9.17, 15) is 0 Å². The summed E-state index contributed by atoms with van der Waals surface area (Å²) >= 11 is 2.12. The molecular formula is C6H10NS. The Bertz CT molecular complexity index is 74.5. The second-order valence-corrected chi connectivity index (χ2v) is 3.81. The lowest BCUT2D eigenvalue weighted by Gasteiger charge is -2.02. The first kappa shape index (κ1) is 5.12. The predicted octanol–water partition coefficient (Wildman–Crippen LogP) is 0.869. The third kappa shape index (κ3) is 0.669. The van der Waals surface area contributed by atoms with E-state index in [0.717, 1.165) is 17.8 Å². The minimum atomic E-state index is 0.764. The summed E-state index contributed by atoms with van der Waals surface area (Å²) in [7, 11) is 0. The summed E-state index contributed by atoms with van der Waals surface area (Å²) in [5.41, 5.74) is 0. The number of hydrogen-bond donors (Lipinski definition) is 0. The summed E-state index contributed by atoms with van der Waals surface area (Å²) in [6.07, 6.45) is 2.71. The Kier molecular flexibility index (Phi) is 1.23. The van der Waals surface area contributed by atoms with Gasteiger partial charge in [0.05, 0.1) is 0 Å². The molecule has 0 spiro atoms. The van der Waals surface area contributed by atoms with E-state index in [2.05, 4.69) is 17.1 Å². The van der Waals surface area contributed by atoms with Gasteiger partial charge in [-0.05, 0) is 18.6 Å². The molecule has 0 amide bonds. The van der Waals surface area contributed by atoms with Gasteiger partial charge in [0, 0.05) is 17.8 Å². The van der Waals surface area contributed by atoms with Crippen LogP contribution >= 0.6 is 11.8 Å². The largest absolute Gasteiger partial charge is 0.237 e. The number of nitrogens with zero attached hydrogens (tertiary/aromatic N) is 1. The second-order valence-electron chi connectivity index (χ2n) is 2.46. The van der Waals surface area contributed by atoms with Gasteiger partial charge >= 0.3 is 0 Å². The van der Waals surface area contributed by atoms with Crippen LogP contribution < -0.4 is 5.32 Å². The first-order valence-electron chi connectivity index (χ1n) is 3.25. The monoisotopic (exact) mass is 128 g/mol. The quantitative estimate of drug-likeness (QED) is 0.472. The van der Waals surface area contributed by atoms with Crippen molar-refractivity contribution in [2.24, 2.45) is 0 Å². The van der Waals surface area contributed by atoms with E-state index in [1.807, 2.05) is 0 Å². The number of thioether (sulfide) groups is 1. The SMILES string of the molecule is C1CC2SCCC2[N]1. The average molecular weight is 128 g/mol. The van der Waals surface area contributed by atoms with Crippen LogP contribution in [0.4, 0.5) is 0 Å². The molecule has 0 aromatic rings. The van der Waals surface area contributed by atoms with Crippen LogP contribution in [0.2, 0.25) is 0 Å². The van der Waals surface area contributed by atoms with Gasteiger partial charge in [-0.15, -0.1) is 0 Å². The highest BCUT2D eigenvalue weighted by atomic mass is 32.2. The van der Waals surface area contributed by atoms with Crippen molar-refractivity contribution in [2.45, 2.75) is 24.1 Å². The van der Waals surface area contributed by atoms with Crippen LogP contribution in [-0.2, 0) is 0 Å². The van der Waals surface area contributed by atoms with E-state index >= 15 is 0 Å². The van der Waals surface area contributed by atoms with Crippen molar-refractivity contribution in [3.05, 3.63) is 0 Å². The summed E-state index contributed by atoms with van der Waals surface area (Å²) < 4.78 is 0. The molecule has 45 valence electrons. The minimum absolute atomic E-state index is 0.764. The van der Waals surface area contributed by atoms with E-state index < -0.39 is 0 Å². The molecule has 0 aromatic carbocycles. The molecule has 0 aliphatic carbocycles. The smallest absolute Gasteiger partial charge is 0.0373 e. The van der Waals surface area contributed by atoms with Gasteiger partial charge in [0.2, 0.25) is 0 Å². The van der Waals surface area contributed by atoms with Crippen molar-refractivity contribution < 1.29 is 0 Å². The Balaban J connectivity index is 2.04. The van der Waals surface area contributed by atoms with Crippen molar-refractivity contribution >= 4 is 11.8 Å². The molecule has 2 saturated heterocycles. The van der Waals surface area contributed by atoms with Gasteiger partial charge in [-0.3, -0.25) is 0 Å². The second kappa shape index (κ2) is 1.92. The van der Waals surface area contributed by atoms with Crippen LogP contribution in [-0.4, -0.2) is 23.6 Å². The van der Waals surface area contributed by atoms with E-state index in [1.165, 1.54) is 18.6 Å². The zero-order valence-electron chi connectivity index (χ0n) is 4.84. The Morgan fingerprint density at radius 1 is 1.38 bits per heavy atom. The van der Waals surface area contributed by atoms with Gasteiger partial charge in [0.1, 0.15) is 0 Å². The fraction of sp³-hybridized carbons (Fsp3) is 1.00. The highest BCUT2D eigenvalue weighted by molar-refractivity contribution is 8.00. The Morgan fingerprint density at radius 3 is 3.25 bits per heavy atom. The third-order valence-corrected chi connectivity index (χ3v) is 3.40. The van der Waals surface area contributed by atoms with Crippen molar-refractivity contribution in [2.75, 3.05) is 12.3 Å². The molecule has 0 saturated carbocycles. The third-order valence-electron chi connectivity index (χ3n) is 1.95. The van der Waals surface area contributed by atoms with E-state index in [-0.39, 0.29) is 0 Å². The maximum atomic E-state index is 4.48. The van der Waals surface area contributed by atoms with Gasteiger partial charge in [-0.25, -0.2) is 5.32 Å². The summed E-state index contributed by atoms with van der Waals surface area (Å²) in [4.78, 5) is 0. The lowest BCUT2D eigenvalue weighted by atomic mass is 10.2. The molecule has 2 heteroatoms. The Morgan fingerprint density at radius 2 is 2.38 bits per heavy atom. The van der Waals surface area contributed by atoms with Crippen molar-refractivity contribution in [3.63, 3.8) is 0 Å². The predicted molar refractivity (Wildman–Crippen MR) is 36.3 cm³/mol. The van der Waals surface area contributed by atoms with Gasteiger partial charge in [0.15, 0.2) is 0 Å². The van der Waals surface area contributed by atoms with Crippen molar-refractivity contribution in [3.8, 4) is 0 Å². The first-order valence-corrected chi connectivity index (χ1v) is 4.30. The van der Waals surface area contributed by atoms with Gasteiger partial charge in [-0.1, -0.05) is 0 Å². The molecule has 2 fully saturated rings. The lowest BCUT2D eigenvalue weighted by Crippen LogP contribution is -2.17. The summed E-state index contributed by atoms with van der Waals surface area (Å²) in [6, 6.07) is 0.764. The van der Waals surface area contributed by atoms with E-state index in [1.54, 1.807) is 0 Å². The standard InChI is InChI=1S/C6H10NS/c1-3-7-5-2-4-8-6(1)5/h5-6H,1-4H2. The molecule has 2 heterocycles. The van der Waals surface area contributed by atoms with Crippen LogP contribution in [0, 0.1) is 0 Å². The van der Waals surface area contributed by atoms with Crippen LogP contribution in [0.25, 0.3) is 0 Å². The zero-order chi connectivity index (χ0) is 5.40. The normalized spacial score (nSPS) is 45.0. The number of hydrogen-bond acceptors (Lipinski definition) is 1.